The fourth-order valence-corrected chi connectivity index (χ4v) is 5.73. The summed E-state index contributed by atoms with van der Waals surface area (Å²) in [6.07, 6.45) is 2.78. The minimum absolute atomic E-state index is 0.000793. The SMILES string of the molecule is COc1ccc([C@H]2NC(=O)NC34NC(=O)N[C@@H](c5ccc(OC)cc5)[C@H]3CCC[C@H]24)cc1. The van der Waals surface area contributed by atoms with Gasteiger partial charge in [0.05, 0.1) is 26.3 Å². The molecule has 2 aromatic rings. The zero-order valence-corrected chi connectivity index (χ0v) is 18.2. The van der Waals surface area contributed by atoms with E-state index >= 15 is 0 Å². The lowest BCUT2D eigenvalue weighted by molar-refractivity contribution is -0.0123. The second kappa shape index (κ2) is 7.93. The maximum atomic E-state index is 12.9. The van der Waals surface area contributed by atoms with Gasteiger partial charge < -0.3 is 30.7 Å². The van der Waals surface area contributed by atoms with E-state index in [0.717, 1.165) is 41.9 Å². The van der Waals surface area contributed by atoms with Crippen molar-refractivity contribution < 1.29 is 19.1 Å². The van der Waals surface area contributed by atoms with Gasteiger partial charge in [-0.1, -0.05) is 30.7 Å². The van der Waals surface area contributed by atoms with Crippen LogP contribution in [-0.4, -0.2) is 31.9 Å². The molecule has 2 aromatic carbocycles. The number of benzene rings is 2. The molecular formula is C24H28N4O4. The molecule has 4 amide bonds. The number of rotatable bonds is 4. The van der Waals surface area contributed by atoms with E-state index in [2.05, 4.69) is 21.3 Å². The van der Waals surface area contributed by atoms with Gasteiger partial charge >= 0.3 is 12.1 Å². The quantitative estimate of drug-likeness (QED) is 0.591. The molecule has 1 spiro atoms. The zero-order chi connectivity index (χ0) is 22.3. The molecule has 4 N–H and O–H groups in total. The van der Waals surface area contributed by atoms with Gasteiger partial charge in [0.15, 0.2) is 0 Å². The van der Waals surface area contributed by atoms with Crippen molar-refractivity contribution >= 4 is 12.1 Å². The molecule has 3 fully saturated rings. The molecule has 8 nitrogen and oxygen atoms in total. The van der Waals surface area contributed by atoms with Crippen LogP contribution in [0.1, 0.15) is 42.5 Å². The molecular weight excluding hydrogens is 408 g/mol. The normalized spacial score (nSPS) is 31.1. The lowest BCUT2D eigenvalue weighted by Gasteiger charge is -2.59. The predicted octanol–water partition coefficient (Wildman–Crippen LogP) is 3.22. The fourth-order valence-electron chi connectivity index (χ4n) is 5.73. The first-order valence-corrected chi connectivity index (χ1v) is 11.0. The number of carbonyl (C=O) groups excluding carboxylic acids is 2. The van der Waals surface area contributed by atoms with Crippen LogP contribution in [-0.2, 0) is 0 Å². The molecule has 2 saturated heterocycles. The molecule has 5 atom stereocenters. The third kappa shape index (κ3) is 3.30. The first-order valence-electron chi connectivity index (χ1n) is 11.0. The molecule has 8 heteroatoms. The summed E-state index contributed by atoms with van der Waals surface area (Å²) in [6.45, 7) is 0. The summed E-state index contributed by atoms with van der Waals surface area (Å²) in [6, 6.07) is 14.6. The third-order valence-corrected chi connectivity index (χ3v) is 7.17. The average molecular weight is 437 g/mol. The molecule has 1 saturated carbocycles. The monoisotopic (exact) mass is 436 g/mol. The molecule has 168 valence electrons. The highest BCUT2D eigenvalue weighted by Crippen LogP contribution is 2.50. The topological polar surface area (TPSA) is 101 Å². The molecule has 0 radical (unpaired) electrons. The summed E-state index contributed by atoms with van der Waals surface area (Å²) in [7, 11) is 3.26. The number of amides is 4. The maximum Gasteiger partial charge on any atom is 0.317 e. The summed E-state index contributed by atoms with van der Waals surface area (Å²) < 4.78 is 10.6. The van der Waals surface area contributed by atoms with Crippen LogP contribution in [0.3, 0.4) is 0 Å². The van der Waals surface area contributed by atoms with E-state index in [0.29, 0.717) is 0 Å². The van der Waals surface area contributed by atoms with Crippen LogP contribution in [0.15, 0.2) is 48.5 Å². The summed E-state index contributed by atoms with van der Waals surface area (Å²) in [5, 5.41) is 12.5. The Morgan fingerprint density at radius 3 is 1.50 bits per heavy atom. The number of hydrogen-bond acceptors (Lipinski definition) is 4. The molecule has 3 aliphatic rings. The van der Waals surface area contributed by atoms with Crippen molar-refractivity contribution in [2.75, 3.05) is 14.2 Å². The van der Waals surface area contributed by atoms with E-state index in [4.69, 9.17) is 9.47 Å². The van der Waals surface area contributed by atoms with Gasteiger partial charge in [-0.05, 0) is 48.2 Å². The van der Waals surface area contributed by atoms with Crippen molar-refractivity contribution in [3.8, 4) is 11.5 Å². The highest BCUT2D eigenvalue weighted by atomic mass is 16.5. The lowest BCUT2D eigenvalue weighted by Crippen LogP contribution is -2.80. The first kappa shape index (κ1) is 20.5. The molecule has 0 aromatic heterocycles. The fraction of sp³-hybridized carbons (Fsp3) is 0.417. The van der Waals surface area contributed by atoms with Crippen molar-refractivity contribution in [3.63, 3.8) is 0 Å². The van der Waals surface area contributed by atoms with E-state index in [1.807, 2.05) is 48.5 Å². The minimum Gasteiger partial charge on any atom is -0.497 e. The highest BCUT2D eigenvalue weighted by molar-refractivity contribution is 5.81. The Kier molecular flexibility index (Phi) is 5.07. The van der Waals surface area contributed by atoms with Gasteiger partial charge in [-0.25, -0.2) is 9.59 Å². The van der Waals surface area contributed by atoms with Gasteiger partial charge in [-0.3, -0.25) is 0 Å². The van der Waals surface area contributed by atoms with Gasteiger partial charge in [0.25, 0.3) is 0 Å². The Bertz CT molecular complexity index is 926. The number of methoxy groups -OCH3 is 2. The van der Waals surface area contributed by atoms with Crippen LogP contribution in [0.2, 0.25) is 0 Å². The number of carbonyl (C=O) groups is 2. The van der Waals surface area contributed by atoms with Crippen LogP contribution in [0, 0.1) is 11.8 Å². The number of urea groups is 2. The number of hydrogen-bond donors (Lipinski definition) is 4. The van der Waals surface area contributed by atoms with Gasteiger partial charge in [0, 0.05) is 11.8 Å². The average Bonchev–Trinajstić information content (AvgIpc) is 2.82. The molecule has 2 aliphatic heterocycles. The van der Waals surface area contributed by atoms with Crippen LogP contribution in [0.4, 0.5) is 9.59 Å². The van der Waals surface area contributed by atoms with Crippen LogP contribution >= 0.6 is 0 Å². The van der Waals surface area contributed by atoms with Crippen molar-refractivity contribution in [1.82, 2.24) is 21.3 Å². The molecule has 5 rings (SSSR count). The smallest absolute Gasteiger partial charge is 0.317 e. The molecule has 1 aliphatic carbocycles. The van der Waals surface area contributed by atoms with Gasteiger partial charge in [-0.2, -0.15) is 0 Å². The Hall–Kier alpha value is -3.42. The van der Waals surface area contributed by atoms with Crippen LogP contribution in [0.5, 0.6) is 11.5 Å². The first-order chi connectivity index (χ1) is 15.5. The standard InChI is InChI=1S/C24H28N4O4/c1-31-16-10-6-14(7-11-16)20-18-4-3-5-19-21(15-8-12-17(32-2)13-9-15)26-23(30)28-24(18,19)27-22(29)25-20/h6-13,18-21H,3-5H2,1-2H3,(H2,25,27,29)(H2,26,28,30)/t18-,19-,20-,21+,24?/m1/s1. The maximum absolute atomic E-state index is 12.9. The Morgan fingerprint density at radius 2 is 1.12 bits per heavy atom. The number of ether oxygens (including phenoxy) is 2. The van der Waals surface area contributed by atoms with Crippen molar-refractivity contribution in [3.05, 3.63) is 59.7 Å². The summed E-state index contributed by atoms with van der Waals surface area (Å²) >= 11 is 0. The summed E-state index contributed by atoms with van der Waals surface area (Å²) in [5.41, 5.74) is 1.16. The molecule has 1 unspecified atom stereocenters. The Balaban J connectivity index is 1.54. The second-order valence-electron chi connectivity index (χ2n) is 8.71. The van der Waals surface area contributed by atoms with Crippen molar-refractivity contribution in [2.24, 2.45) is 11.8 Å². The summed E-state index contributed by atoms with van der Waals surface area (Å²) in [4.78, 5) is 25.7. The summed E-state index contributed by atoms with van der Waals surface area (Å²) in [5.74, 6) is 1.53. The second-order valence-corrected chi connectivity index (χ2v) is 8.71. The Morgan fingerprint density at radius 1 is 0.719 bits per heavy atom. The van der Waals surface area contributed by atoms with Crippen molar-refractivity contribution in [2.45, 2.75) is 37.0 Å². The van der Waals surface area contributed by atoms with Crippen LogP contribution in [0.25, 0.3) is 0 Å². The molecule has 32 heavy (non-hydrogen) atoms. The molecule has 0 bridgehead atoms. The highest BCUT2D eigenvalue weighted by Gasteiger charge is 2.60. The van der Waals surface area contributed by atoms with Crippen LogP contribution < -0.4 is 30.7 Å². The lowest BCUT2D eigenvalue weighted by atomic mass is 9.62. The van der Waals surface area contributed by atoms with Gasteiger partial charge in [0.1, 0.15) is 17.2 Å². The van der Waals surface area contributed by atoms with Gasteiger partial charge in [-0.15, -0.1) is 0 Å². The Labute approximate surface area is 187 Å². The largest absolute Gasteiger partial charge is 0.497 e. The molecule has 2 heterocycles. The number of nitrogens with one attached hydrogen (secondary N) is 4. The minimum atomic E-state index is -0.835. The van der Waals surface area contributed by atoms with E-state index < -0.39 is 5.66 Å². The predicted molar refractivity (Wildman–Crippen MR) is 118 cm³/mol. The van der Waals surface area contributed by atoms with E-state index in [9.17, 15) is 9.59 Å². The van der Waals surface area contributed by atoms with E-state index in [1.54, 1.807) is 14.2 Å². The zero-order valence-electron chi connectivity index (χ0n) is 18.2. The van der Waals surface area contributed by atoms with E-state index in [-0.39, 0.29) is 36.0 Å². The van der Waals surface area contributed by atoms with E-state index in [1.165, 1.54) is 0 Å². The third-order valence-electron chi connectivity index (χ3n) is 7.17. The van der Waals surface area contributed by atoms with Crippen molar-refractivity contribution in [1.29, 1.82) is 0 Å². The van der Waals surface area contributed by atoms with Gasteiger partial charge in [0.2, 0.25) is 0 Å².